The fourth-order valence-corrected chi connectivity index (χ4v) is 3.16. The van der Waals surface area contributed by atoms with Gasteiger partial charge in [-0.1, -0.05) is 48.5 Å². The molecule has 0 radical (unpaired) electrons. The van der Waals surface area contributed by atoms with Crippen molar-refractivity contribution in [3.8, 4) is 0 Å². The monoisotopic (exact) mass is 264 g/mol. The summed E-state index contributed by atoms with van der Waals surface area (Å²) in [7, 11) is 0. The van der Waals surface area contributed by atoms with Crippen molar-refractivity contribution in [2.24, 2.45) is 0 Å². The molecule has 3 aromatic carbocycles. The van der Waals surface area contributed by atoms with Crippen molar-refractivity contribution >= 4 is 21.5 Å². The number of benzene rings is 3. The molecule has 1 fully saturated rings. The molecule has 0 saturated carbocycles. The maximum atomic E-state index is 5.77. The standard InChI is InChI=1S/C18H16O2/c1-12-13-6-2-4-8-15(13)17(18-19-10-11-20-18)16-9-5-3-7-14(12)16/h2-9,18H,10-11H2,1H3. The maximum absolute atomic E-state index is 5.77. The van der Waals surface area contributed by atoms with E-state index in [4.69, 9.17) is 9.47 Å². The van der Waals surface area contributed by atoms with Crippen molar-refractivity contribution in [3.05, 3.63) is 59.7 Å². The fourth-order valence-electron chi connectivity index (χ4n) is 3.16. The molecule has 0 amide bonds. The van der Waals surface area contributed by atoms with Gasteiger partial charge in [-0.2, -0.15) is 0 Å². The van der Waals surface area contributed by atoms with Crippen LogP contribution in [0.2, 0.25) is 0 Å². The van der Waals surface area contributed by atoms with Crippen LogP contribution >= 0.6 is 0 Å². The van der Waals surface area contributed by atoms with E-state index in [0.29, 0.717) is 13.2 Å². The van der Waals surface area contributed by atoms with Gasteiger partial charge in [-0.25, -0.2) is 0 Å². The van der Waals surface area contributed by atoms with Crippen LogP contribution in [0.4, 0.5) is 0 Å². The molecule has 0 N–H and O–H groups in total. The van der Waals surface area contributed by atoms with Crippen LogP contribution in [0.3, 0.4) is 0 Å². The molecule has 1 saturated heterocycles. The largest absolute Gasteiger partial charge is 0.346 e. The molecular weight excluding hydrogens is 248 g/mol. The van der Waals surface area contributed by atoms with E-state index >= 15 is 0 Å². The topological polar surface area (TPSA) is 18.5 Å². The van der Waals surface area contributed by atoms with E-state index in [2.05, 4.69) is 55.5 Å². The average Bonchev–Trinajstić information content (AvgIpc) is 3.02. The summed E-state index contributed by atoms with van der Waals surface area (Å²) in [6.45, 7) is 3.52. The normalized spacial score (nSPS) is 16.2. The van der Waals surface area contributed by atoms with E-state index in [1.807, 2.05) is 0 Å². The zero-order valence-electron chi connectivity index (χ0n) is 11.4. The van der Waals surface area contributed by atoms with E-state index in [1.54, 1.807) is 0 Å². The Morgan fingerprint density at radius 2 is 1.20 bits per heavy atom. The second-order valence-electron chi connectivity index (χ2n) is 5.20. The fraction of sp³-hybridized carbons (Fsp3) is 0.222. The summed E-state index contributed by atoms with van der Waals surface area (Å²) in [5.41, 5.74) is 2.48. The third kappa shape index (κ3) is 1.65. The first kappa shape index (κ1) is 11.9. The van der Waals surface area contributed by atoms with Gasteiger partial charge in [-0.3, -0.25) is 0 Å². The Kier molecular flexibility index (Phi) is 2.72. The van der Waals surface area contributed by atoms with Gasteiger partial charge in [-0.15, -0.1) is 0 Å². The zero-order chi connectivity index (χ0) is 13.5. The van der Waals surface area contributed by atoms with E-state index in [-0.39, 0.29) is 6.29 Å². The first-order valence-corrected chi connectivity index (χ1v) is 6.99. The van der Waals surface area contributed by atoms with Crippen LogP contribution in [0.25, 0.3) is 21.5 Å². The van der Waals surface area contributed by atoms with Gasteiger partial charge in [0.05, 0.1) is 13.2 Å². The van der Waals surface area contributed by atoms with Crippen molar-refractivity contribution in [1.82, 2.24) is 0 Å². The summed E-state index contributed by atoms with van der Waals surface area (Å²) in [5, 5.41) is 5.02. The third-order valence-electron chi connectivity index (χ3n) is 4.10. The first-order valence-electron chi connectivity index (χ1n) is 6.99. The van der Waals surface area contributed by atoms with Crippen molar-refractivity contribution in [1.29, 1.82) is 0 Å². The summed E-state index contributed by atoms with van der Waals surface area (Å²) >= 11 is 0. The van der Waals surface area contributed by atoms with Crippen LogP contribution < -0.4 is 0 Å². The first-order chi connectivity index (χ1) is 9.86. The Labute approximate surface area is 117 Å². The maximum Gasteiger partial charge on any atom is 0.185 e. The molecule has 1 heterocycles. The Hall–Kier alpha value is -1.90. The number of aryl methyl sites for hydroxylation is 1. The number of hydrogen-bond acceptors (Lipinski definition) is 2. The lowest BCUT2D eigenvalue weighted by atomic mass is 9.92. The molecule has 0 spiro atoms. The summed E-state index contributed by atoms with van der Waals surface area (Å²) in [6.07, 6.45) is -0.245. The van der Waals surface area contributed by atoms with E-state index in [9.17, 15) is 0 Å². The second-order valence-corrected chi connectivity index (χ2v) is 5.20. The minimum Gasteiger partial charge on any atom is -0.346 e. The SMILES string of the molecule is Cc1c2ccccc2c(C2OCCO2)c2ccccc12. The molecule has 1 aliphatic rings. The van der Waals surface area contributed by atoms with Gasteiger partial charge in [0.2, 0.25) is 0 Å². The van der Waals surface area contributed by atoms with Crippen LogP contribution in [-0.4, -0.2) is 13.2 Å². The van der Waals surface area contributed by atoms with Gasteiger partial charge in [0.25, 0.3) is 0 Å². The minimum atomic E-state index is -0.245. The summed E-state index contributed by atoms with van der Waals surface area (Å²) in [5.74, 6) is 0. The molecule has 20 heavy (non-hydrogen) atoms. The smallest absolute Gasteiger partial charge is 0.185 e. The summed E-state index contributed by atoms with van der Waals surface area (Å²) < 4.78 is 11.5. The lowest BCUT2D eigenvalue weighted by Crippen LogP contribution is -2.01. The molecule has 2 nitrogen and oxygen atoms in total. The van der Waals surface area contributed by atoms with E-state index in [0.717, 1.165) is 0 Å². The molecule has 2 heteroatoms. The number of hydrogen-bond donors (Lipinski definition) is 0. The highest BCUT2D eigenvalue weighted by Gasteiger charge is 2.23. The number of rotatable bonds is 1. The Morgan fingerprint density at radius 1 is 0.750 bits per heavy atom. The van der Waals surface area contributed by atoms with Gasteiger partial charge >= 0.3 is 0 Å². The van der Waals surface area contributed by atoms with Gasteiger partial charge in [0.15, 0.2) is 6.29 Å². The van der Waals surface area contributed by atoms with Crippen molar-refractivity contribution in [3.63, 3.8) is 0 Å². The molecule has 1 aliphatic heterocycles. The van der Waals surface area contributed by atoms with Crippen molar-refractivity contribution in [2.75, 3.05) is 13.2 Å². The average molecular weight is 264 g/mol. The van der Waals surface area contributed by atoms with Crippen LogP contribution in [0, 0.1) is 6.92 Å². The molecule has 0 aliphatic carbocycles. The number of fused-ring (bicyclic) bond motifs is 2. The van der Waals surface area contributed by atoms with Gasteiger partial charge in [0.1, 0.15) is 0 Å². The quantitative estimate of drug-likeness (QED) is 0.608. The molecule has 0 aromatic heterocycles. The van der Waals surface area contributed by atoms with Crippen LogP contribution in [-0.2, 0) is 9.47 Å². The minimum absolute atomic E-state index is 0.245. The van der Waals surface area contributed by atoms with Gasteiger partial charge < -0.3 is 9.47 Å². The highest BCUT2D eigenvalue weighted by atomic mass is 16.7. The molecular formula is C18H16O2. The predicted octanol–water partition coefficient (Wildman–Crippen LogP) is 4.35. The lowest BCUT2D eigenvalue weighted by Gasteiger charge is -2.18. The van der Waals surface area contributed by atoms with Crippen LogP contribution in [0.15, 0.2) is 48.5 Å². The molecule has 0 atom stereocenters. The summed E-state index contributed by atoms with van der Waals surface area (Å²) in [6, 6.07) is 17.0. The van der Waals surface area contributed by atoms with Crippen molar-refractivity contribution < 1.29 is 9.47 Å². The molecule has 0 unspecified atom stereocenters. The molecule has 0 bridgehead atoms. The van der Waals surface area contributed by atoms with E-state index in [1.165, 1.54) is 32.7 Å². The van der Waals surface area contributed by atoms with Crippen LogP contribution in [0.1, 0.15) is 17.4 Å². The van der Waals surface area contributed by atoms with E-state index < -0.39 is 0 Å². The van der Waals surface area contributed by atoms with Gasteiger partial charge in [-0.05, 0) is 34.0 Å². The predicted molar refractivity (Wildman–Crippen MR) is 80.8 cm³/mol. The van der Waals surface area contributed by atoms with Gasteiger partial charge in [0, 0.05) is 5.56 Å². The zero-order valence-corrected chi connectivity index (χ0v) is 11.4. The highest BCUT2D eigenvalue weighted by molar-refractivity contribution is 6.05. The van der Waals surface area contributed by atoms with Crippen LogP contribution in [0.5, 0.6) is 0 Å². The molecule has 4 rings (SSSR count). The highest BCUT2D eigenvalue weighted by Crippen LogP contribution is 2.38. The molecule has 3 aromatic rings. The van der Waals surface area contributed by atoms with Crippen molar-refractivity contribution in [2.45, 2.75) is 13.2 Å². The Balaban J connectivity index is 2.18. The Bertz CT molecular complexity index is 729. The third-order valence-corrected chi connectivity index (χ3v) is 4.10. The second kappa shape index (κ2) is 4.58. The lowest BCUT2D eigenvalue weighted by molar-refractivity contribution is -0.0419. The molecule has 100 valence electrons. The summed E-state index contributed by atoms with van der Waals surface area (Å²) in [4.78, 5) is 0. The number of ether oxygens (including phenoxy) is 2. The Morgan fingerprint density at radius 3 is 1.70 bits per heavy atom.